The first-order valence-electron chi connectivity index (χ1n) is 7.81. The number of ketones is 1. The minimum absolute atomic E-state index is 0.0107. The van der Waals surface area contributed by atoms with Crippen molar-refractivity contribution in [2.75, 3.05) is 0 Å². The average Bonchev–Trinajstić information content (AvgIpc) is 2.41. The summed E-state index contributed by atoms with van der Waals surface area (Å²) in [6.07, 6.45) is 1.64. The van der Waals surface area contributed by atoms with Crippen LogP contribution >= 0.6 is 0 Å². The molecule has 4 nitrogen and oxygen atoms in total. The van der Waals surface area contributed by atoms with E-state index in [-0.39, 0.29) is 5.78 Å². The number of Topliss-reactive ketones (excluding diaryl/α,β-unsaturated/α-hetero) is 1. The van der Waals surface area contributed by atoms with Crippen LogP contribution in [0.15, 0.2) is 24.3 Å². The third-order valence-electron chi connectivity index (χ3n) is 3.17. The molecule has 0 aliphatic heterocycles. The second-order valence-electron chi connectivity index (χ2n) is 6.56. The van der Waals surface area contributed by atoms with Gasteiger partial charge in [-0.2, -0.15) is 0 Å². The summed E-state index contributed by atoms with van der Waals surface area (Å²) in [7, 11) is 0. The van der Waals surface area contributed by atoms with Crippen LogP contribution in [0, 0.1) is 6.92 Å². The number of aryl methyl sites for hydroxylation is 1. The highest BCUT2D eigenvalue weighted by molar-refractivity contribution is 5.88. The van der Waals surface area contributed by atoms with Crippen LogP contribution in [0.2, 0.25) is 0 Å². The summed E-state index contributed by atoms with van der Waals surface area (Å²) in [5, 5.41) is 2.71. The van der Waals surface area contributed by atoms with Gasteiger partial charge >= 0.3 is 6.09 Å². The zero-order valence-electron chi connectivity index (χ0n) is 14.2. The molecule has 0 radical (unpaired) electrons. The molecule has 1 aromatic carbocycles. The summed E-state index contributed by atoms with van der Waals surface area (Å²) >= 11 is 0. The molecule has 0 aliphatic carbocycles. The van der Waals surface area contributed by atoms with E-state index in [9.17, 15) is 9.59 Å². The molecule has 0 fully saturated rings. The van der Waals surface area contributed by atoms with Crippen LogP contribution in [0.4, 0.5) is 4.79 Å². The van der Waals surface area contributed by atoms with Gasteiger partial charge in [0, 0.05) is 6.42 Å². The number of hydrogen-bond donors (Lipinski definition) is 1. The molecule has 1 rings (SSSR count). The zero-order valence-corrected chi connectivity index (χ0v) is 14.2. The monoisotopic (exact) mass is 305 g/mol. The van der Waals surface area contributed by atoms with Gasteiger partial charge in [-0.1, -0.05) is 43.2 Å². The molecular weight excluding hydrogens is 278 g/mol. The van der Waals surface area contributed by atoms with Crippen LogP contribution in [0.3, 0.4) is 0 Å². The molecule has 1 aromatic rings. The van der Waals surface area contributed by atoms with Crippen molar-refractivity contribution in [1.29, 1.82) is 0 Å². The van der Waals surface area contributed by atoms with Crippen LogP contribution in [0.5, 0.6) is 0 Å². The highest BCUT2D eigenvalue weighted by atomic mass is 16.6. The van der Waals surface area contributed by atoms with Gasteiger partial charge < -0.3 is 10.1 Å². The normalized spacial score (nSPS) is 12.6. The number of hydrogen-bond acceptors (Lipinski definition) is 3. The molecule has 4 heteroatoms. The Hall–Kier alpha value is -1.84. The molecule has 0 heterocycles. The summed E-state index contributed by atoms with van der Waals surface area (Å²) in [6.45, 7) is 9.42. The summed E-state index contributed by atoms with van der Waals surface area (Å²) in [4.78, 5) is 24.4. The standard InChI is InChI=1S/C18H27NO3/c1-6-7-8-15(20)16(14-11-9-13(2)10-12-14)19-17(21)22-18(3,4)5/h9-12,16H,6-8H2,1-5H3,(H,19,21)/t16-/m1/s1. The number of ether oxygens (including phenoxy) is 1. The van der Waals surface area contributed by atoms with Gasteiger partial charge in [-0.15, -0.1) is 0 Å². The van der Waals surface area contributed by atoms with Gasteiger partial charge in [0.25, 0.3) is 0 Å². The molecule has 1 amide bonds. The fourth-order valence-corrected chi connectivity index (χ4v) is 2.03. The summed E-state index contributed by atoms with van der Waals surface area (Å²) < 4.78 is 5.27. The lowest BCUT2D eigenvalue weighted by molar-refractivity contribution is -0.121. The fraction of sp³-hybridized carbons (Fsp3) is 0.556. The van der Waals surface area contributed by atoms with E-state index in [1.807, 2.05) is 38.1 Å². The highest BCUT2D eigenvalue weighted by Crippen LogP contribution is 2.19. The van der Waals surface area contributed by atoms with E-state index in [1.165, 1.54) is 0 Å². The lowest BCUT2D eigenvalue weighted by Gasteiger charge is -2.23. The molecule has 122 valence electrons. The summed E-state index contributed by atoms with van der Waals surface area (Å²) in [5.74, 6) is 0.0107. The van der Waals surface area contributed by atoms with Crippen molar-refractivity contribution < 1.29 is 14.3 Å². The molecule has 0 bridgehead atoms. The lowest BCUT2D eigenvalue weighted by Crippen LogP contribution is -2.38. The number of carbonyl (C=O) groups excluding carboxylic acids is 2. The third-order valence-corrected chi connectivity index (χ3v) is 3.17. The Bertz CT molecular complexity index is 500. The first-order chi connectivity index (χ1) is 10.2. The Morgan fingerprint density at radius 3 is 2.27 bits per heavy atom. The first-order valence-corrected chi connectivity index (χ1v) is 7.81. The number of unbranched alkanes of at least 4 members (excludes halogenated alkanes) is 1. The van der Waals surface area contributed by atoms with E-state index in [0.29, 0.717) is 6.42 Å². The second kappa shape index (κ2) is 7.97. The van der Waals surface area contributed by atoms with Crippen molar-refractivity contribution in [3.05, 3.63) is 35.4 Å². The molecule has 0 unspecified atom stereocenters. The van der Waals surface area contributed by atoms with Gasteiger partial charge in [-0.3, -0.25) is 4.79 Å². The van der Waals surface area contributed by atoms with Crippen LogP contribution in [0.25, 0.3) is 0 Å². The highest BCUT2D eigenvalue weighted by Gasteiger charge is 2.25. The number of benzene rings is 1. The van der Waals surface area contributed by atoms with E-state index < -0.39 is 17.7 Å². The number of carbonyl (C=O) groups is 2. The van der Waals surface area contributed by atoms with Crippen molar-refractivity contribution in [3.8, 4) is 0 Å². The maximum absolute atomic E-state index is 12.4. The van der Waals surface area contributed by atoms with E-state index in [2.05, 4.69) is 5.32 Å². The third kappa shape index (κ3) is 6.29. The molecule has 22 heavy (non-hydrogen) atoms. The van der Waals surface area contributed by atoms with Crippen LogP contribution in [0.1, 0.15) is 64.1 Å². The largest absolute Gasteiger partial charge is 0.444 e. The van der Waals surface area contributed by atoms with Gasteiger partial charge in [0.1, 0.15) is 11.6 Å². The van der Waals surface area contributed by atoms with Gasteiger partial charge in [0.15, 0.2) is 5.78 Å². The molecule has 0 spiro atoms. The van der Waals surface area contributed by atoms with Crippen molar-refractivity contribution in [1.82, 2.24) is 5.32 Å². The van der Waals surface area contributed by atoms with Crippen molar-refractivity contribution in [3.63, 3.8) is 0 Å². The number of alkyl carbamates (subject to hydrolysis) is 1. The van der Waals surface area contributed by atoms with Crippen LogP contribution in [-0.4, -0.2) is 17.5 Å². The topological polar surface area (TPSA) is 55.4 Å². The first kappa shape index (κ1) is 18.2. The van der Waals surface area contributed by atoms with Crippen molar-refractivity contribution >= 4 is 11.9 Å². The number of amides is 1. The molecule has 0 aliphatic rings. The second-order valence-corrected chi connectivity index (χ2v) is 6.56. The Labute approximate surface area is 133 Å². The van der Waals surface area contributed by atoms with E-state index in [1.54, 1.807) is 20.8 Å². The smallest absolute Gasteiger partial charge is 0.408 e. The maximum Gasteiger partial charge on any atom is 0.408 e. The number of rotatable bonds is 6. The minimum Gasteiger partial charge on any atom is -0.444 e. The molecule has 0 aromatic heterocycles. The Balaban J connectivity index is 2.89. The zero-order chi connectivity index (χ0) is 16.8. The van der Waals surface area contributed by atoms with Crippen LogP contribution < -0.4 is 5.32 Å². The fourth-order valence-electron chi connectivity index (χ4n) is 2.03. The Kier molecular flexibility index (Phi) is 6.60. The quantitative estimate of drug-likeness (QED) is 0.851. The van der Waals surface area contributed by atoms with Crippen molar-refractivity contribution in [2.24, 2.45) is 0 Å². The molecule has 0 saturated heterocycles. The molecule has 0 saturated carbocycles. The van der Waals surface area contributed by atoms with E-state index >= 15 is 0 Å². The predicted molar refractivity (Wildman–Crippen MR) is 87.8 cm³/mol. The van der Waals surface area contributed by atoms with Crippen molar-refractivity contribution in [2.45, 2.75) is 65.5 Å². The van der Waals surface area contributed by atoms with E-state index in [0.717, 1.165) is 24.0 Å². The summed E-state index contributed by atoms with van der Waals surface area (Å²) in [6, 6.07) is 6.97. The van der Waals surface area contributed by atoms with Gasteiger partial charge in [0.05, 0.1) is 0 Å². The maximum atomic E-state index is 12.4. The van der Waals surface area contributed by atoms with Crippen LogP contribution in [-0.2, 0) is 9.53 Å². The average molecular weight is 305 g/mol. The van der Waals surface area contributed by atoms with Gasteiger partial charge in [-0.25, -0.2) is 4.79 Å². The molecule has 1 atom stereocenters. The minimum atomic E-state index is -0.651. The molecule has 1 N–H and O–H groups in total. The SMILES string of the molecule is CCCCC(=O)[C@H](NC(=O)OC(C)(C)C)c1ccc(C)cc1. The predicted octanol–water partition coefficient (Wildman–Crippen LogP) is 4.32. The van der Waals surface area contributed by atoms with Gasteiger partial charge in [-0.05, 0) is 39.7 Å². The number of nitrogens with one attached hydrogen (secondary N) is 1. The van der Waals surface area contributed by atoms with E-state index in [4.69, 9.17) is 4.74 Å². The molecular formula is C18H27NO3. The Morgan fingerprint density at radius 2 is 1.77 bits per heavy atom. The van der Waals surface area contributed by atoms with Gasteiger partial charge in [0.2, 0.25) is 0 Å². The Morgan fingerprint density at radius 1 is 1.18 bits per heavy atom. The summed E-state index contributed by atoms with van der Waals surface area (Å²) in [5.41, 5.74) is 1.31. The lowest BCUT2D eigenvalue weighted by atomic mass is 9.98.